The maximum absolute atomic E-state index is 6.19. The summed E-state index contributed by atoms with van der Waals surface area (Å²) in [6.07, 6.45) is 10.6. The van der Waals surface area contributed by atoms with Gasteiger partial charge in [0.25, 0.3) is 0 Å². The van der Waals surface area contributed by atoms with Crippen molar-refractivity contribution < 1.29 is 28.4 Å². The minimum absolute atomic E-state index is 0.122. The van der Waals surface area contributed by atoms with Gasteiger partial charge in [0, 0.05) is 0 Å². The quantitative estimate of drug-likeness (QED) is 0.671. The number of hydrogen-bond donors (Lipinski definition) is 0. The maximum Gasteiger partial charge on any atom is 0.0837 e. The van der Waals surface area contributed by atoms with Gasteiger partial charge in [0.1, 0.15) is 0 Å². The van der Waals surface area contributed by atoms with E-state index in [0.29, 0.717) is 52.9 Å². The average molecular weight is 417 g/mol. The minimum Gasteiger partial charge on any atom is -0.377 e. The van der Waals surface area contributed by atoms with Crippen LogP contribution in [0.1, 0.15) is 71.6 Å². The van der Waals surface area contributed by atoms with Crippen LogP contribution < -0.4 is 0 Å². The van der Waals surface area contributed by atoms with Gasteiger partial charge in [-0.2, -0.15) is 0 Å². The Kier molecular flexibility index (Phi) is 14.2. The molecule has 6 heteroatoms. The lowest BCUT2D eigenvalue weighted by Gasteiger charge is -2.31. The summed E-state index contributed by atoms with van der Waals surface area (Å²) >= 11 is 0. The van der Waals surface area contributed by atoms with Gasteiger partial charge < -0.3 is 28.4 Å². The van der Waals surface area contributed by atoms with Crippen LogP contribution in [0, 0.1) is 0 Å². The fraction of sp³-hybridized carbons (Fsp3) is 1.00. The van der Waals surface area contributed by atoms with Gasteiger partial charge in [-0.05, 0) is 25.7 Å². The molecule has 4 atom stereocenters. The molecule has 0 aromatic carbocycles. The number of fused-ring (bicyclic) bond motifs is 1. The lowest BCUT2D eigenvalue weighted by Crippen LogP contribution is -2.36. The van der Waals surface area contributed by atoms with E-state index in [9.17, 15) is 0 Å². The number of hydrogen-bond acceptors (Lipinski definition) is 6. The second kappa shape index (κ2) is 16.5. The lowest BCUT2D eigenvalue weighted by molar-refractivity contribution is -0.125. The van der Waals surface area contributed by atoms with Crippen molar-refractivity contribution in [2.75, 3.05) is 52.9 Å². The van der Waals surface area contributed by atoms with E-state index in [0.717, 1.165) is 44.9 Å². The van der Waals surface area contributed by atoms with Crippen molar-refractivity contribution in [1.29, 1.82) is 0 Å². The lowest BCUT2D eigenvalue weighted by atomic mass is 9.94. The Labute approximate surface area is 177 Å². The van der Waals surface area contributed by atoms with Gasteiger partial charge in [-0.15, -0.1) is 0 Å². The summed E-state index contributed by atoms with van der Waals surface area (Å²) in [5.41, 5.74) is 0. The van der Waals surface area contributed by atoms with Crippen LogP contribution in [0.25, 0.3) is 0 Å². The van der Waals surface area contributed by atoms with Crippen molar-refractivity contribution in [2.45, 2.75) is 96.1 Å². The molecule has 1 heterocycles. The van der Waals surface area contributed by atoms with Gasteiger partial charge in [0.15, 0.2) is 0 Å². The molecule has 6 nitrogen and oxygen atoms in total. The zero-order valence-corrected chi connectivity index (χ0v) is 18.8. The van der Waals surface area contributed by atoms with Crippen molar-refractivity contribution in [3.05, 3.63) is 0 Å². The van der Waals surface area contributed by atoms with E-state index < -0.39 is 0 Å². The van der Waals surface area contributed by atoms with Crippen LogP contribution in [-0.2, 0) is 28.4 Å². The fourth-order valence-electron chi connectivity index (χ4n) is 4.12. The van der Waals surface area contributed by atoms with Crippen molar-refractivity contribution in [3.8, 4) is 0 Å². The first-order valence-corrected chi connectivity index (χ1v) is 12.0. The summed E-state index contributed by atoms with van der Waals surface area (Å²) in [7, 11) is 0. The topological polar surface area (TPSA) is 55.4 Å². The molecule has 4 unspecified atom stereocenters. The van der Waals surface area contributed by atoms with E-state index in [1.807, 2.05) is 0 Å². The molecule has 0 radical (unpaired) electrons. The second-order valence-corrected chi connectivity index (χ2v) is 8.08. The van der Waals surface area contributed by atoms with Crippen LogP contribution in [0.3, 0.4) is 0 Å². The Bertz CT molecular complexity index is 380. The summed E-state index contributed by atoms with van der Waals surface area (Å²) in [5, 5.41) is 0. The average Bonchev–Trinajstić information content (AvgIpc) is 2.74. The molecule has 1 aliphatic carbocycles. The second-order valence-electron chi connectivity index (χ2n) is 8.08. The van der Waals surface area contributed by atoms with Crippen molar-refractivity contribution in [2.24, 2.45) is 0 Å². The monoisotopic (exact) mass is 416 g/mol. The number of ether oxygens (including phenoxy) is 6. The molecule has 0 aromatic heterocycles. The molecule has 2 aliphatic rings. The highest BCUT2D eigenvalue weighted by atomic mass is 16.6. The third-order valence-corrected chi connectivity index (χ3v) is 5.71. The third-order valence-electron chi connectivity index (χ3n) is 5.71. The van der Waals surface area contributed by atoms with E-state index in [2.05, 4.69) is 13.8 Å². The molecular formula is C23H44O6. The van der Waals surface area contributed by atoms with Gasteiger partial charge in [0.05, 0.1) is 77.3 Å². The Morgan fingerprint density at radius 1 is 0.552 bits per heavy atom. The van der Waals surface area contributed by atoms with Gasteiger partial charge >= 0.3 is 0 Å². The van der Waals surface area contributed by atoms with Crippen molar-refractivity contribution in [1.82, 2.24) is 0 Å². The molecule has 29 heavy (non-hydrogen) atoms. The predicted octanol–water partition coefficient (Wildman–Crippen LogP) is 4.14. The molecule has 0 aromatic rings. The highest BCUT2D eigenvalue weighted by Gasteiger charge is 2.26. The largest absolute Gasteiger partial charge is 0.377 e. The van der Waals surface area contributed by atoms with E-state index in [1.165, 1.54) is 12.8 Å². The third kappa shape index (κ3) is 10.6. The van der Waals surface area contributed by atoms with Crippen LogP contribution in [0.2, 0.25) is 0 Å². The zero-order chi connectivity index (χ0) is 20.6. The van der Waals surface area contributed by atoms with E-state index in [4.69, 9.17) is 28.4 Å². The molecule has 0 spiro atoms. The molecule has 1 saturated carbocycles. The zero-order valence-electron chi connectivity index (χ0n) is 18.8. The summed E-state index contributed by atoms with van der Waals surface area (Å²) in [6, 6.07) is 0. The Hall–Kier alpha value is -0.240. The van der Waals surface area contributed by atoms with Crippen LogP contribution in [0.5, 0.6) is 0 Å². The molecule has 0 bridgehead atoms. The normalized spacial score (nSPS) is 32.1. The van der Waals surface area contributed by atoms with Crippen LogP contribution in [0.4, 0.5) is 0 Å². The molecule has 0 N–H and O–H groups in total. The van der Waals surface area contributed by atoms with Gasteiger partial charge in [-0.3, -0.25) is 0 Å². The first-order chi connectivity index (χ1) is 14.3. The summed E-state index contributed by atoms with van der Waals surface area (Å²) in [4.78, 5) is 0. The van der Waals surface area contributed by atoms with Crippen LogP contribution in [-0.4, -0.2) is 77.3 Å². The molecule has 2 fully saturated rings. The maximum atomic E-state index is 6.19. The predicted molar refractivity (Wildman–Crippen MR) is 113 cm³/mol. The van der Waals surface area contributed by atoms with Crippen molar-refractivity contribution >= 4 is 0 Å². The number of unbranched alkanes of at least 4 members (excludes halogenated alkanes) is 1. The van der Waals surface area contributed by atoms with Gasteiger partial charge in [-0.25, -0.2) is 0 Å². The molecule has 1 saturated heterocycles. The first-order valence-electron chi connectivity index (χ1n) is 12.0. The molecular weight excluding hydrogens is 372 g/mol. The van der Waals surface area contributed by atoms with Crippen molar-refractivity contribution in [3.63, 3.8) is 0 Å². The van der Waals surface area contributed by atoms with Gasteiger partial charge in [0.2, 0.25) is 0 Å². The first kappa shape index (κ1) is 25.0. The van der Waals surface area contributed by atoms with E-state index in [1.54, 1.807) is 0 Å². The van der Waals surface area contributed by atoms with E-state index >= 15 is 0 Å². The SMILES string of the molecule is CCCCC1OCCOCCOC2CCCCC2OCCOCCOC1CCC. The molecule has 1 aliphatic heterocycles. The smallest absolute Gasteiger partial charge is 0.0837 e. The molecule has 0 amide bonds. The van der Waals surface area contributed by atoms with E-state index in [-0.39, 0.29) is 24.4 Å². The minimum atomic E-state index is 0.122. The Morgan fingerprint density at radius 2 is 1.03 bits per heavy atom. The molecule has 2 rings (SSSR count). The molecule has 172 valence electrons. The summed E-state index contributed by atoms with van der Waals surface area (Å²) in [5.74, 6) is 0. The standard InChI is InChI=1S/C23H44O6/c1-3-5-9-21-20(8-4-2)26-16-12-24-14-18-28-22-10-6-7-11-23(22)29-19-15-25-13-17-27-21/h20-23H,3-19H2,1-2H3. The van der Waals surface area contributed by atoms with Crippen LogP contribution in [0.15, 0.2) is 0 Å². The van der Waals surface area contributed by atoms with Gasteiger partial charge in [-0.1, -0.05) is 46.0 Å². The highest BCUT2D eigenvalue weighted by Crippen LogP contribution is 2.24. The summed E-state index contributed by atoms with van der Waals surface area (Å²) in [6.45, 7) is 9.23. The Balaban J connectivity index is 1.84. The van der Waals surface area contributed by atoms with Crippen LogP contribution >= 0.6 is 0 Å². The highest BCUT2D eigenvalue weighted by molar-refractivity contribution is 4.77. The number of rotatable bonds is 5. The Morgan fingerprint density at radius 3 is 1.52 bits per heavy atom. The fourth-order valence-corrected chi connectivity index (χ4v) is 4.12. The summed E-state index contributed by atoms with van der Waals surface area (Å²) < 4.78 is 36.0.